The molecular weight excluding hydrogens is 298 g/mol. The summed E-state index contributed by atoms with van der Waals surface area (Å²) in [6, 6.07) is 11.7. The molecule has 1 saturated heterocycles. The van der Waals surface area contributed by atoms with Crippen LogP contribution in [0.3, 0.4) is 0 Å². The molecule has 3 rings (SSSR count). The predicted molar refractivity (Wildman–Crippen MR) is 98.5 cm³/mol. The molecule has 0 amide bonds. The summed E-state index contributed by atoms with van der Waals surface area (Å²) in [6.45, 7) is 6.12. The molecule has 2 fully saturated rings. The van der Waals surface area contributed by atoms with Crippen LogP contribution in [0.15, 0.2) is 30.3 Å². The molecule has 3 nitrogen and oxygen atoms in total. The molecule has 0 radical (unpaired) electrons. The minimum atomic E-state index is 0.367. The fourth-order valence-corrected chi connectivity index (χ4v) is 4.06. The Hall–Kier alpha value is -0.900. The predicted octanol–water partition coefficient (Wildman–Crippen LogP) is 4.06. The standard InChI is InChI=1S/C21H33NO2/c1-21(18-6-3-2-4-7-18)12-8-19(9-13-21)22-14-5-15-24-20-10-16-23-17-11-20/h2-4,6-7,19-20,22H,5,8-17H2,1H3. The highest BCUT2D eigenvalue weighted by Gasteiger charge is 2.32. The second-order valence-corrected chi connectivity index (χ2v) is 7.69. The van der Waals surface area contributed by atoms with Gasteiger partial charge >= 0.3 is 0 Å². The third kappa shape index (κ3) is 5.05. The Kier molecular flexibility index (Phi) is 6.70. The van der Waals surface area contributed by atoms with Gasteiger partial charge in [-0.2, -0.15) is 0 Å². The molecule has 1 heterocycles. The molecule has 1 N–H and O–H groups in total. The van der Waals surface area contributed by atoms with Gasteiger partial charge in [0, 0.05) is 25.9 Å². The normalized spacial score (nSPS) is 28.8. The second-order valence-electron chi connectivity index (χ2n) is 7.69. The zero-order valence-corrected chi connectivity index (χ0v) is 15.1. The van der Waals surface area contributed by atoms with Crippen molar-refractivity contribution in [1.82, 2.24) is 5.32 Å². The first kappa shape index (κ1) is 17.9. The van der Waals surface area contributed by atoms with Gasteiger partial charge in [-0.3, -0.25) is 0 Å². The first-order valence-corrected chi connectivity index (χ1v) is 9.74. The van der Waals surface area contributed by atoms with Crippen LogP contribution in [0, 0.1) is 0 Å². The monoisotopic (exact) mass is 331 g/mol. The number of hydrogen-bond donors (Lipinski definition) is 1. The lowest BCUT2D eigenvalue weighted by Gasteiger charge is -2.38. The highest BCUT2D eigenvalue weighted by atomic mass is 16.5. The van der Waals surface area contributed by atoms with Crippen LogP contribution < -0.4 is 5.32 Å². The van der Waals surface area contributed by atoms with Gasteiger partial charge < -0.3 is 14.8 Å². The third-order valence-corrected chi connectivity index (χ3v) is 5.84. The summed E-state index contributed by atoms with van der Waals surface area (Å²) >= 11 is 0. The van der Waals surface area contributed by atoms with Gasteiger partial charge in [0.15, 0.2) is 0 Å². The van der Waals surface area contributed by atoms with E-state index in [9.17, 15) is 0 Å². The number of nitrogens with one attached hydrogen (secondary N) is 1. The van der Waals surface area contributed by atoms with Gasteiger partial charge in [0.25, 0.3) is 0 Å². The quantitative estimate of drug-likeness (QED) is 0.764. The first-order chi connectivity index (χ1) is 11.8. The summed E-state index contributed by atoms with van der Waals surface area (Å²) in [6.07, 6.45) is 8.81. The molecule has 0 unspecified atom stereocenters. The van der Waals surface area contributed by atoms with Crippen molar-refractivity contribution in [1.29, 1.82) is 0 Å². The van der Waals surface area contributed by atoms with Crippen LogP contribution in [-0.4, -0.2) is 38.5 Å². The van der Waals surface area contributed by atoms with Gasteiger partial charge in [0.1, 0.15) is 0 Å². The van der Waals surface area contributed by atoms with Crippen LogP contribution in [0.1, 0.15) is 57.4 Å². The van der Waals surface area contributed by atoms with Crippen LogP contribution in [0.25, 0.3) is 0 Å². The lowest BCUT2D eigenvalue weighted by Crippen LogP contribution is -2.39. The van der Waals surface area contributed by atoms with E-state index in [0.29, 0.717) is 17.6 Å². The van der Waals surface area contributed by atoms with Crippen LogP contribution in [-0.2, 0) is 14.9 Å². The Morgan fingerprint density at radius 3 is 2.50 bits per heavy atom. The molecule has 0 aromatic heterocycles. The Morgan fingerprint density at radius 2 is 1.79 bits per heavy atom. The summed E-state index contributed by atoms with van der Waals surface area (Å²) in [7, 11) is 0. The van der Waals surface area contributed by atoms with Crippen LogP contribution >= 0.6 is 0 Å². The molecule has 1 aliphatic heterocycles. The van der Waals surface area contributed by atoms with Gasteiger partial charge in [-0.05, 0) is 62.5 Å². The molecule has 2 aliphatic rings. The van der Waals surface area contributed by atoms with Crippen molar-refractivity contribution >= 4 is 0 Å². The Labute approximate surface area is 147 Å². The molecule has 0 spiro atoms. The zero-order chi connectivity index (χ0) is 16.7. The summed E-state index contributed by atoms with van der Waals surface area (Å²) in [5.41, 5.74) is 1.87. The minimum Gasteiger partial charge on any atom is -0.381 e. The summed E-state index contributed by atoms with van der Waals surface area (Å²) in [5, 5.41) is 3.74. The van der Waals surface area contributed by atoms with Crippen molar-refractivity contribution in [3.63, 3.8) is 0 Å². The van der Waals surface area contributed by atoms with E-state index >= 15 is 0 Å². The van der Waals surface area contributed by atoms with Crippen molar-refractivity contribution in [3.8, 4) is 0 Å². The van der Waals surface area contributed by atoms with E-state index < -0.39 is 0 Å². The van der Waals surface area contributed by atoms with E-state index in [1.807, 2.05) is 0 Å². The summed E-state index contributed by atoms with van der Waals surface area (Å²) < 4.78 is 11.3. The molecular formula is C21H33NO2. The third-order valence-electron chi connectivity index (χ3n) is 5.84. The molecule has 0 bridgehead atoms. The smallest absolute Gasteiger partial charge is 0.0619 e. The molecule has 1 aromatic rings. The van der Waals surface area contributed by atoms with Gasteiger partial charge in [-0.15, -0.1) is 0 Å². The molecule has 24 heavy (non-hydrogen) atoms. The zero-order valence-electron chi connectivity index (χ0n) is 15.1. The highest BCUT2D eigenvalue weighted by Crippen LogP contribution is 2.38. The van der Waals surface area contributed by atoms with E-state index in [4.69, 9.17) is 9.47 Å². The van der Waals surface area contributed by atoms with E-state index in [1.54, 1.807) is 0 Å². The molecule has 3 heteroatoms. The Balaban J connectivity index is 1.30. The van der Waals surface area contributed by atoms with Gasteiger partial charge in [-0.1, -0.05) is 37.3 Å². The highest BCUT2D eigenvalue weighted by molar-refractivity contribution is 5.25. The SMILES string of the molecule is CC1(c2ccccc2)CCC(NCCCOC2CCOCC2)CC1. The van der Waals surface area contributed by atoms with Crippen LogP contribution in [0.5, 0.6) is 0 Å². The Bertz CT molecular complexity index is 462. The summed E-state index contributed by atoms with van der Waals surface area (Å²) in [5.74, 6) is 0. The maximum absolute atomic E-state index is 5.94. The lowest BCUT2D eigenvalue weighted by molar-refractivity contribution is -0.0323. The minimum absolute atomic E-state index is 0.367. The maximum Gasteiger partial charge on any atom is 0.0619 e. The maximum atomic E-state index is 5.94. The second kappa shape index (κ2) is 8.98. The molecule has 1 aromatic carbocycles. The van der Waals surface area contributed by atoms with Gasteiger partial charge in [0.2, 0.25) is 0 Å². The molecule has 0 atom stereocenters. The van der Waals surface area contributed by atoms with Crippen LogP contribution in [0.2, 0.25) is 0 Å². The van der Waals surface area contributed by atoms with Crippen molar-refractivity contribution < 1.29 is 9.47 Å². The largest absolute Gasteiger partial charge is 0.381 e. The van der Waals surface area contributed by atoms with Crippen molar-refractivity contribution in [3.05, 3.63) is 35.9 Å². The lowest BCUT2D eigenvalue weighted by atomic mass is 9.69. The fourth-order valence-electron chi connectivity index (χ4n) is 4.06. The molecule has 1 saturated carbocycles. The molecule has 1 aliphatic carbocycles. The Morgan fingerprint density at radius 1 is 1.08 bits per heavy atom. The molecule has 134 valence electrons. The number of rotatable bonds is 7. The van der Waals surface area contributed by atoms with E-state index in [1.165, 1.54) is 31.2 Å². The van der Waals surface area contributed by atoms with Gasteiger partial charge in [-0.25, -0.2) is 0 Å². The van der Waals surface area contributed by atoms with Crippen LogP contribution in [0.4, 0.5) is 0 Å². The average Bonchev–Trinajstić information content (AvgIpc) is 2.65. The topological polar surface area (TPSA) is 30.5 Å². The fraction of sp³-hybridized carbons (Fsp3) is 0.714. The first-order valence-electron chi connectivity index (χ1n) is 9.74. The van der Waals surface area contributed by atoms with E-state index in [2.05, 4.69) is 42.6 Å². The van der Waals surface area contributed by atoms with E-state index in [0.717, 1.165) is 45.6 Å². The van der Waals surface area contributed by atoms with Crippen molar-refractivity contribution in [2.75, 3.05) is 26.4 Å². The van der Waals surface area contributed by atoms with Crippen molar-refractivity contribution in [2.24, 2.45) is 0 Å². The summed E-state index contributed by atoms with van der Waals surface area (Å²) in [4.78, 5) is 0. The number of benzene rings is 1. The van der Waals surface area contributed by atoms with E-state index in [-0.39, 0.29) is 0 Å². The number of hydrogen-bond acceptors (Lipinski definition) is 3. The average molecular weight is 332 g/mol. The van der Waals surface area contributed by atoms with Crippen molar-refractivity contribution in [2.45, 2.75) is 69.4 Å². The number of ether oxygens (including phenoxy) is 2. The van der Waals surface area contributed by atoms with Gasteiger partial charge in [0.05, 0.1) is 6.10 Å².